The minimum absolute atomic E-state index is 0.146. The van der Waals surface area contributed by atoms with E-state index >= 15 is 0 Å². The Morgan fingerprint density at radius 3 is 2.48 bits per heavy atom. The number of amides is 1. The van der Waals surface area contributed by atoms with E-state index in [1.165, 1.54) is 10.4 Å². The maximum absolute atomic E-state index is 12.6. The predicted octanol–water partition coefficient (Wildman–Crippen LogP) is 3.01. The smallest absolute Gasteiger partial charge is 0.263 e. The van der Waals surface area contributed by atoms with Gasteiger partial charge in [-0.2, -0.15) is 4.31 Å². The third kappa shape index (κ3) is 4.63. The maximum atomic E-state index is 12.6. The number of ether oxygens (including phenoxy) is 1. The van der Waals surface area contributed by atoms with E-state index in [-0.39, 0.29) is 23.2 Å². The molecule has 3 rings (SSSR count). The van der Waals surface area contributed by atoms with Crippen molar-refractivity contribution in [3.05, 3.63) is 46.3 Å². The summed E-state index contributed by atoms with van der Waals surface area (Å²) in [6, 6.07) is 10.6. The second-order valence-corrected chi connectivity index (χ2v) is 10.2. The monoisotopic (exact) mass is 428 g/mol. The highest BCUT2D eigenvalue weighted by Gasteiger charge is 2.32. The number of rotatable bonds is 5. The molecule has 0 bridgehead atoms. The molecule has 1 aliphatic heterocycles. The first kappa shape index (κ1) is 20.1. The van der Waals surface area contributed by atoms with Crippen LogP contribution in [0.4, 0.5) is 0 Å². The van der Waals surface area contributed by atoms with Gasteiger partial charge in [0.25, 0.3) is 15.9 Å². The Labute approximate surface area is 168 Å². The highest BCUT2D eigenvalue weighted by molar-refractivity contribution is 7.91. The standard InChI is InChI=1S/C18H21ClN2O4S2/c1-13-4-3-5-15(12-13)25-14(2)18(22)20-8-10-21(11-9-20)27(23,24)17-7-6-16(19)26-17/h3-7,12,14H,8-11H2,1-2H3/t14-/m1/s1. The van der Waals surface area contributed by atoms with Gasteiger partial charge in [-0.3, -0.25) is 4.79 Å². The van der Waals surface area contributed by atoms with Crippen molar-refractivity contribution in [2.75, 3.05) is 26.2 Å². The highest BCUT2D eigenvalue weighted by atomic mass is 35.5. The summed E-state index contributed by atoms with van der Waals surface area (Å²) in [5.74, 6) is 0.499. The summed E-state index contributed by atoms with van der Waals surface area (Å²) in [4.78, 5) is 14.3. The van der Waals surface area contributed by atoms with Crippen molar-refractivity contribution in [1.29, 1.82) is 0 Å². The van der Waals surface area contributed by atoms with Gasteiger partial charge < -0.3 is 9.64 Å². The predicted molar refractivity (Wildman–Crippen MR) is 106 cm³/mol. The lowest BCUT2D eigenvalue weighted by Crippen LogP contribution is -2.53. The molecule has 0 spiro atoms. The van der Waals surface area contributed by atoms with Crippen molar-refractivity contribution in [3.63, 3.8) is 0 Å². The molecule has 2 aromatic rings. The third-order valence-electron chi connectivity index (χ3n) is 4.34. The van der Waals surface area contributed by atoms with Gasteiger partial charge in [-0.1, -0.05) is 23.7 Å². The fraction of sp³-hybridized carbons (Fsp3) is 0.389. The Bertz CT molecular complexity index is 921. The van der Waals surface area contributed by atoms with Gasteiger partial charge in [0.1, 0.15) is 9.96 Å². The first-order valence-corrected chi connectivity index (χ1v) is 11.2. The Morgan fingerprint density at radius 2 is 1.89 bits per heavy atom. The van der Waals surface area contributed by atoms with Crippen molar-refractivity contribution < 1.29 is 17.9 Å². The van der Waals surface area contributed by atoms with Crippen LogP contribution < -0.4 is 4.74 Å². The second kappa shape index (κ2) is 8.18. The SMILES string of the molecule is Cc1cccc(O[C@H](C)C(=O)N2CCN(S(=O)(=O)c3ccc(Cl)s3)CC2)c1. The van der Waals surface area contributed by atoms with Gasteiger partial charge in [0.15, 0.2) is 6.10 Å². The van der Waals surface area contributed by atoms with Gasteiger partial charge in [-0.05, 0) is 43.7 Å². The Balaban J connectivity index is 1.59. The van der Waals surface area contributed by atoms with E-state index in [1.54, 1.807) is 17.9 Å². The lowest BCUT2D eigenvalue weighted by Gasteiger charge is -2.34. The van der Waals surface area contributed by atoms with Crippen LogP contribution >= 0.6 is 22.9 Å². The molecule has 6 nitrogen and oxygen atoms in total. The molecule has 1 atom stereocenters. The van der Waals surface area contributed by atoms with Crippen LogP contribution in [-0.4, -0.2) is 55.8 Å². The Kier molecular flexibility index (Phi) is 6.10. The van der Waals surface area contributed by atoms with Crippen LogP contribution in [0.1, 0.15) is 12.5 Å². The molecule has 0 radical (unpaired) electrons. The normalized spacial score (nSPS) is 16.9. The van der Waals surface area contributed by atoms with Crippen LogP contribution in [0.5, 0.6) is 5.75 Å². The number of hydrogen-bond donors (Lipinski definition) is 0. The quantitative estimate of drug-likeness (QED) is 0.734. The molecule has 1 aliphatic rings. The fourth-order valence-electron chi connectivity index (χ4n) is 2.91. The maximum Gasteiger partial charge on any atom is 0.263 e. The van der Waals surface area contributed by atoms with Crippen LogP contribution in [0.2, 0.25) is 4.34 Å². The molecule has 1 saturated heterocycles. The van der Waals surface area contributed by atoms with Gasteiger partial charge in [0.2, 0.25) is 0 Å². The van der Waals surface area contributed by atoms with Crippen LogP contribution in [0.25, 0.3) is 0 Å². The molecule has 1 aromatic carbocycles. The molecule has 146 valence electrons. The summed E-state index contributed by atoms with van der Waals surface area (Å²) >= 11 is 6.89. The van der Waals surface area contributed by atoms with Gasteiger partial charge >= 0.3 is 0 Å². The number of benzene rings is 1. The lowest BCUT2D eigenvalue weighted by molar-refractivity contribution is -0.139. The van der Waals surface area contributed by atoms with E-state index in [0.717, 1.165) is 16.9 Å². The number of thiophene rings is 1. The van der Waals surface area contributed by atoms with Gasteiger partial charge in [0.05, 0.1) is 4.34 Å². The molecule has 0 aliphatic carbocycles. The Morgan fingerprint density at radius 1 is 1.19 bits per heavy atom. The first-order chi connectivity index (χ1) is 12.8. The summed E-state index contributed by atoms with van der Waals surface area (Å²) in [6.07, 6.45) is -0.633. The number of piperazine rings is 1. The van der Waals surface area contributed by atoms with Crippen molar-refractivity contribution in [1.82, 2.24) is 9.21 Å². The van der Waals surface area contributed by atoms with E-state index < -0.39 is 16.1 Å². The largest absolute Gasteiger partial charge is 0.481 e. The zero-order valence-electron chi connectivity index (χ0n) is 15.1. The summed E-state index contributed by atoms with van der Waals surface area (Å²) in [7, 11) is -3.57. The average molecular weight is 429 g/mol. The number of hydrogen-bond acceptors (Lipinski definition) is 5. The molecule has 0 saturated carbocycles. The molecular weight excluding hydrogens is 408 g/mol. The molecule has 1 amide bonds. The molecule has 1 aromatic heterocycles. The zero-order chi connectivity index (χ0) is 19.6. The topological polar surface area (TPSA) is 66.9 Å². The summed E-state index contributed by atoms with van der Waals surface area (Å²) in [5, 5.41) is 0. The van der Waals surface area contributed by atoms with Crippen LogP contribution in [0.15, 0.2) is 40.6 Å². The molecule has 27 heavy (non-hydrogen) atoms. The minimum atomic E-state index is -3.57. The zero-order valence-corrected chi connectivity index (χ0v) is 17.5. The van der Waals surface area contributed by atoms with Crippen molar-refractivity contribution in [2.24, 2.45) is 0 Å². The summed E-state index contributed by atoms with van der Waals surface area (Å²) in [5.41, 5.74) is 1.06. The number of carbonyl (C=O) groups excluding carboxylic acids is 1. The van der Waals surface area contributed by atoms with E-state index in [4.69, 9.17) is 16.3 Å². The van der Waals surface area contributed by atoms with Crippen molar-refractivity contribution in [3.8, 4) is 5.75 Å². The van der Waals surface area contributed by atoms with Crippen molar-refractivity contribution in [2.45, 2.75) is 24.2 Å². The van der Waals surface area contributed by atoms with E-state index in [9.17, 15) is 13.2 Å². The number of nitrogens with zero attached hydrogens (tertiary/aromatic N) is 2. The van der Waals surface area contributed by atoms with E-state index in [1.807, 2.05) is 31.2 Å². The molecule has 9 heteroatoms. The molecular formula is C18H21ClN2O4S2. The van der Waals surface area contributed by atoms with Gasteiger partial charge in [0, 0.05) is 26.2 Å². The van der Waals surface area contributed by atoms with Crippen LogP contribution in [-0.2, 0) is 14.8 Å². The highest BCUT2D eigenvalue weighted by Crippen LogP contribution is 2.28. The summed E-state index contributed by atoms with van der Waals surface area (Å²) in [6.45, 7) is 4.83. The number of halogens is 1. The third-order valence-corrected chi connectivity index (χ3v) is 7.94. The van der Waals surface area contributed by atoms with Gasteiger partial charge in [-0.15, -0.1) is 11.3 Å². The number of sulfonamides is 1. The molecule has 0 N–H and O–H groups in total. The second-order valence-electron chi connectivity index (χ2n) is 6.36. The number of carbonyl (C=O) groups is 1. The Hall–Kier alpha value is -1.61. The molecule has 0 unspecified atom stereocenters. The fourth-order valence-corrected chi connectivity index (χ4v) is 5.97. The lowest BCUT2D eigenvalue weighted by atomic mass is 10.2. The molecule has 1 fully saturated rings. The average Bonchev–Trinajstić information content (AvgIpc) is 3.08. The minimum Gasteiger partial charge on any atom is -0.481 e. The van der Waals surface area contributed by atoms with Gasteiger partial charge in [-0.25, -0.2) is 8.42 Å². The first-order valence-electron chi connectivity index (χ1n) is 8.55. The molecule has 2 heterocycles. The van der Waals surface area contributed by atoms with Crippen LogP contribution in [0, 0.1) is 6.92 Å². The number of aryl methyl sites for hydroxylation is 1. The summed E-state index contributed by atoms with van der Waals surface area (Å²) < 4.78 is 33.1. The van der Waals surface area contributed by atoms with Crippen LogP contribution in [0.3, 0.4) is 0 Å². The van der Waals surface area contributed by atoms with Crippen molar-refractivity contribution >= 4 is 38.9 Å². The van der Waals surface area contributed by atoms with E-state index in [2.05, 4.69) is 0 Å². The van der Waals surface area contributed by atoms with E-state index in [0.29, 0.717) is 23.2 Å².